The number of nitrogens with zero attached hydrogens (tertiary/aromatic N) is 2. The van der Waals surface area contributed by atoms with Crippen LogP contribution < -0.4 is 10.2 Å². The summed E-state index contributed by atoms with van der Waals surface area (Å²) < 4.78 is 0. The lowest BCUT2D eigenvalue weighted by atomic mass is 9.88. The number of benzene rings is 2. The van der Waals surface area contributed by atoms with E-state index >= 15 is 0 Å². The third kappa shape index (κ3) is 6.44. The van der Waals surface area contributed by atoms with Crippen molar-refractivity contribution < 1.29 is 9.72 Å². The summed E-state index contributed by atoms with van der Waals surface area (Å²) in [6.07, 6.45) is 5.92. The number of nitrogens with one attached hydrogen (secondary N) is 1. The number of nitro benzene ring substituents is 1. The molecule has 1 N–H and O–H groups in total. The van der Waals surface area contributed by atoms with E-state index < -0.39 is 0 Å². The molecule has 3 rings (SSSR count). The first-order valence-electron chi connectivity index (χ1n) is 11.8. The second-order valence-corrected chi connectivity index (χ2v) is 8.47. The Hall–Kier alpha value is -3.15. The summed E-state index contributed by atoms with van der Waals surface area (Å²) in [5.74, 6) is 0.441. The van der Waals surface area contributed by atoms with Crippen molar-refractivity contribution in [3.63, 3.8) is 0 Å². The SMILES string of the molecule is C=C.CCCCC1CCN(c2ccc(C(C)c3ccccc3C(=O)NC)cc2[N+](=O)[O-])CC1. The third-order valence-electron chi connectivity index (χ3n) is 6.52. The van der Waals surface area contributed by atoms with Gasteiger partial charge in [0.2, 0.25) is 0 Å². The molecule has 1 aliphatic heterocycles. The van der Waals surface area contributed by atoms with Gasteiger partial charge in [-0.05, 0) is 42.0 Å². The number of unbranched alkanes of at least 4 members (excludes halogenated alkanes) is 1. The van der Waals surface area contributed by atoms with Gasteiger partial charge in [0.05, 0.1) is 4.92 Å². The maximum atomic E-state index is 12.3. The Labute approximate surface area is 197 Å². The van der Waals surface area contributed by atoms with Gasteiger partial charge in [0.1, 0.15) is 5.69 Å². The van der Waals surface area contributed by atoms with Gasteiger partial charge >= 0.3 is 0 Å². The Morgan fingerprint density at radius 1 is 1.21 bits per heavy atom. The summed E-state index contributed by atoms with van der Waals surface area (Å²) in [6, 6.07) is 13.0. The minimum absolute atomic E-state index is 0.138. The first kappa shape index (κ1) is 26.1. The Morgan fingerprint density at radius 3 is 2.48 bits per heavy atom. The summed E-state index contributed by atoms with van der Waals surface area (Å²) in [6.45, 7) is 11.9. The van der Waals surface area contributed by atoms with Crippen LogP contribution in [0.25, 0.3) is 0 Å². The molecule has 1 aliphatic rings. The van der Waals surface area contributed by atoms with Crippen molar-refractivity contribution in [2.45, 2.75) is 51.9 Å². The second kappa shape index (κ2) is 12.8. The van der Waals surface area contributed by atoms with Gasteiger partial charge in [-0.25, -0.2) is 0 Å². The highest BCUT2D eigenvalue weighted by molar-refractivity contribution is 5.95. The zero-order chi connectivity index (χ0) is 24.4. The average molecular weight is 452 g/mol. The number of anilines is 1. The number of carbonyl (C=O) groups is 1. The molecule has 2 aromatic carbocycles. The van der Waals surface area contributed by atoms with Crippen LogP contribution in [0.1, 0.15) is 73.4 Å². The average Bonchev–Trinajstić information content (AvgIpc) is 2.87. The molecular formula is C27H37N3O3. The van der Waals surface area contributed by atoms with E-state index in [-0.39, 0.29) is 22.4 Å². The van der Waals surface area contributed by atoms with Crippen LogP contribution in [0, 0.1) is 16.0 Å². The van der Waals surface area contributed by atoms with E-state index in [1.54, 1.807) is 19.2 Å². The first-order chi connectivity index (χ1) is 16.0. The summed E-state index contributed by atoms with van der Waals surface area (Å²) in [5.41, 5.74) is 3.15. The standard InChI is InChI=1S/C25H33N3O3.C2H4/c1-4-5-8-19-13-15-27(16-14-19)23-12-11-20(17-24(23)28(30)31)18(2)21-9-6-7-10-22(21)25(29)26-3;1-2/h6-7,9-12,17-19H,4-5,8,13-16H2,1-3H3,(H,26,29);1-2H2. The number of piperidine rings is 1. The lowest BCUT2D eigenvalue weighted by Crippen LogP contribution is -2.34. The molecule has 178 valence electrons. The topological polar surface area (TPSA) is 75.5 Å². The predicted molar refractivity (Wildman–Crippen MR) is 136 cm³/mol. The molecule has 1 heterocycles. The van der Waals surface area contributed by atoms with Crippen LogP contribution in [0.3, 0.4) is 0 Å². The van der Waals surface area contributed by atoms with Gasteiger partial charge in [0.15, 0.2) is 0 Å². The maximum absolute atomic E-state index is 12.3. The first-order valence-corrected chi connectivity index (χ1v) is 11.8. The van der Waals surface area contributed by atoms with Crippen LogP contribution in [0.4, 0.5) is 11.4 Å². The number of hydrogen-bond acceptors (Lipinski definition) is 4. The number of nitro groups is 1. The summed E-state index contributed by atoms with van der Waals surface area (Å²) >= 11 is 0. The van der Waals surface area contributed by atoms with Crippen LogP contribution in [0.2, 0.25) is 0 Å². The highest BCUT2D eigenvalue weighted by Gasteiger charge is 2.26. The number of carbonyl (C=O) groups excluding carboxylic acids is 1. The molecule has 0 aromatic heterocycles. The predicted octanol–water partition coefficient (Wildman–Crippen LogP) is 6.32. The molecule has 0 aliphatic carbocycles. The molecule has 1 amide bonds. The zero-order valence-corrected chi connectivity index (χ0v) is 20.2. The summed E-state index contributed by atoms with van der Waals surface area (Å²) in [5, 5.41) is 14.6. The molecule has 0 saturated carbocycles. The molecule has 0 bridgehead atoms. The van der Waals surface area contributed by atoms with Gasteiger partial charge in [0, 0.05) is 37.7 Å². The van der Waals surface area contributed by atoms with Crippen molar-refractivity contribution in [2.75, 3.05) is 25.0 Å². The molecule has 6 nitrogen and oxygen atoms in total. The van der Waals surface area contributed by atoms with E-state index in [4.69, 9.17) is 0 Å². The lowest BCUT2D eigenvalue weighted by Gasteiger charge is -2.33. The largest absolute Gasteiger partial charge is 0.366 e. The maximum Gasteiger partial charge on any atom is 0.292 e. The van der Waals surface area contributed by atoms with Gasteiger partial charge in [0.25, 0.3) is 11.6 Å². The van der Waals surface area contributed by atoms with Crippen molar-refractivity contribution in [1.29, 1.82) is 0 Å². The van der Waals surface area contributed by atoms with E-state index in [9.17, 15) is 14.9 Å². The quantitative estimate of drug-likeness (QED) is 0.290. The summed E-state index contributed by atoms with van der Waals surface area (Å²) in [7, 11) is 1.61. The minimum atomic E-state index is -0.278. The van der Waals surface area contributed by atoms with Gasteiger partial charge in [-0.3, -0.25) is 14.9 Å². The van der Waals surface area contributed by atoms with E-state index in [2.05, 4.69) is 30.3 Å². The zero-order valence-electron chi connectivity index (χ0n) is 20.2. The van der Waals surface area contributed by atoms with Gasteiger partial charge in [-0.15, -0.1) is 13.2 Å². The lowest BCUT2D eigenvalue weighted by molar-refractivity contribution is -0.384. The fourth-order valence-electron chi connectivity index (χ4n) is 4.57. The van der Waals surface area contributed by atoms with Crippen LogP contribution in [0.15, 0.2) is 55.6 Å². The van der Waals surface area contributed by atoms with Gasteiger partial charge < -0.3 is 10.2 Å². The molecule has 0 spiro atoms. The number of hydrogen-bond donors (Lipinski definition) is 1. The van der Waals surface area contributed by atoms with Gasteiger partial charge in [-0.2, -0.15) is 0 Å². The van der Waals surface area contributed by atoms with E-state index in [1.807, 2.05) is 37.3 Å². The summed E-state index contributed by atoms with van der Waals surface area (Å²) in [4.78, 5) is 26.1. The van der Waals surface area contributed by atoms with E-state index in [1.165, 1.54) is 19.3 Å². The number of amides is 1. The van der Waals surface area contributed by atoms with E-state index in [0.29, 0.717) is 11.3 Å². The van der Waals surface area contributed by atoms with Crippen molar-refractivity contribution in [2.24, 2.45) is 5.92 Å². The Kier molecular flexibility index (Phi) is 10.1. The molecule has 0 radical (unpaired) electrons. The van der Waals surface area contributed by atoms with E-state index in [0.717, 1.165) is 43.0 Å². The highest BCUT2D eigenvalue weighted by Crippen LogP contribution is 2.36. The minimum Gasteiger partial charge on any atom is -0.366 e. The monoisotopic (exact) mass is 451 g/mol. The van der Waals surface area contributed by atoms with Crippen LogP contribution >= 0.6 is 0 Å². The third-order valence-corrected chi connectivity index (χ3v) is 6.52. The van der Waals surface area contributed by atoms with Crippen molar-refractivity contribution >= 4 is 17.3 Å². The van der Waals surface area contributed by atoms with Crippen molar-refractivity contribution in [3.8, 4) is 0 Å². The highest BCUT2D eigenvalue weighted by atomic mass is 16.6. The fourth-order valence-corrected chi connectivity index (χ4v) is 4.57. The van der Waals surface area contributed by atoms with Crippen molar-refractivity contribution in [3.05, 3.63) is 82.4 Å². The molecule has 2 aromatic rings. The van der Waals surface area contributed by atoms with Crippen LogP contribution in [-0.4, -0.2) is 31.0 Å². The molecule has 1 atom stereocenters. The molecule has 33 heavy (non-hydrogen) atoms. The Morgan fingerprint density at radius 2 is 1.88 bits per heavy atom. The Bertz CT molecular complexity index is 936. The van der Waals surface area contributed by atoms with Crippen LogP contribution in [0.5, 0.6) is 0 Å². The number of rotatable bonds is 8. The Balaban J connectivity index is 0.00000187. The van der Waals surface area contributed by atoms with Crippen molar-refractivity contribution in [1.82, 2.24) is 5.32 Å². The second-order valence-electron chi connectivity index (χ2n) is 8.47. The normalized spacial score (nSPS) is 14.7. The molecule has 6 heteroatoms. The molecule has 1 saturated heterocycles. The molecule has 1 unspecified atom stereocenters. The van der Waals surface area contributed by atoms with Crippen LogP contribution in [-0.2, 0) is 0 Å². The smallest absolute Gasteiger partial charge is 0.292 e. The fraction of sp³-hybridized carbons (Fsp3) is 0.444. The van der Waals surface area contributed by atoms with Gasteiger partial charge in [-0.1, -0.05) is 57.4 Å². The molecule has 1 fully saturated rings. The molecular weight excluding hydrogens is 414 g/mol.